The summed E-state index contributed by atoms with van der Waals surface area (Å²) in [6.45, 7) is 1.79. The second kappa shape index (κ2) is 11.6. The predicted molar refractivity (Wildman–Crippen MR) is 128 cm³/mol. The normalized spacial score (nSPS) is 17.2. The molecule has 1 aliphatic rings. The molecule has 2 aromatic rings. The Labute approximate surface area is 198 Å². The summed E-state index contributed by atoms with van der Waals surface area (Å²) in [7, 11) is 0. The van der Waals surface area contributed by atoms with Gasteiger partial charge in [0, 0.05) is 23.1 Å². The number of ether oxygens (including phenoxy) is 1. The number of aliphatic hydroxyl groups excluding tert-OH is 1. The van der Waals surface area contributed by atoms with Crippen LogP contribution in [0.5, 0.6) is 5.75 Å². The molecule has 1 heterocycles. The highest BCUT2D eigenvalue weighted by Gasteiger charge is 2.39. The molecule has 1 fully saturated rings. The van der Waals surface area contributed by atoms with Gasteiger partial charge in [-0.2, -0.15) is 4.90 Å². The highest BCUT2D eigenvalue weighted by atomic mass is 16.6. The van der Waals surface area contributed by atoms with Crippen molar-refractivity contribution >= 4 is 28.8 Å². The Kier molecular flexibility index (Phi) is 8.78. The molecule has 3 amide bonds. The van der Waals surface area contributed by atoms with E-state index in [9.17, 15) is 19.5 Å². The first-order chi connectivity index (χ1) is 16.2. The number of nitrogens with two attached hydrogens (primary N) is 3. The van der Waals surface area contributed by atoms with Crippen molar-refractivity contribution in [3.63, 3.8) is 0 Å². The van der Waals surface area contributed by atoms with Crippen molar-refractivity contribution in [3.05, 3.63) is 30.0 Å². The van der Waals surface area contributed by atoms with Crippen LogP contribution >= 0.6 is 0 Å². The third-order valence-corrected chi connectivity index (χ3v) is 6.36. The van der Waals surface area contributed by atoms with Crippen molar-refractivity contribution in [2.24, 2.45) is 23.1 Å². The first kappa shape index (κ1) is 25.8. The number of benzene rings is 1. The number of aromatic nitrogens is 1. The van der Waals surface area contributed by atoms with E-state index in [-0.39, 0.29) is 10.6 Å². The standard InChI is InChI=1S/C24H35N5O5/c1-14(26)22(31)29(23(32)21(30)19(27)11-15-5-3-2-4-6-15)24(33)34-17-7-8-20-18(12-17)16(9-10-25)13-28-20/h7-8,12-15,19,21,28,30H,2-6,9-11,25-27H2,1H3/t14?,19-,21?/m1/s1. The number of amides is 3. The second-order valence-corrected chi connectivity index (χ2v) is 9.08. The largest absolute Gasteiger partial charge is 0.429 e. The minimum absolute atomic E-state index is 0.131. The van der Waals surface area contributed by atoms with Crippen LogP contribution in [-0.4, -0.2) is 57.6 Å². The molecule has 10 heteroatoms. The smallest absolute Gasteiger partial charge is 0.410 e. The fourth-order valence-electron chi connectivity index (χ4n) is 4.47. The number of H-pyrrole nitrogens is 1. The third kappa shape index (κ3) is 6.01. The molecule has 1 saturated carbocycles. The van der Waals surface area contributed by atoms with Crippen LogP contribution in [0.4, 0.5) is 4.79 Å². The topological polar surface area (TPSA) is 178 Å². The van der Waals surface area contributed by atoms with Crippen molar-refractivity contribution in [2.75, 3.05) is 6.54 Å². The van der Waals surface area contributed by atoms with E-state index in [4.69, 9.17) is 21.9 Å². The van der Waals surface area contributed by atoms with Crippen molar-refractivity contribution in [1.82, 2.24) is 9.88 Å². The first-order valence-electron chi connectivity index (χ1n) is 11.8. The Morgan fingerprint density at radius 2 is 1.88 bits per heavy atom. The molecule has 34 heavy (non-hydrogen) atoms. The maximum absolute atomic E-state index is 13.0. The zero-order valence-electron chi connectivity index (χ0n) is 19.5. The minimum Gasteiger partial charge on any atom is -0.410 e. The molecule has 1 aromatic heterocycles. The number of fused-ring (bicyclic) bond motifs is 1. The van der Waals surface area contributed by atoms with Gasteiger partial charge in [0.2, 0.25) is 0 Å². The Balaban J connectivity index is 1.77. The number of carbonyl (C=O) groups is 3. The lowest BCUT2D eigenvalue weighted by atomic mass is 9.84. The van der Waals surface area contributed by atoms with Crippen molar-refractivity contribution in [1.29, 1.82) is 0 Å². The van der Waals surface area contributed by atoms with E-state index in [0.29, 0.717) is 25.3 Å². The number of rotatable bonds is 8. The summed E-state index contributed by atoms with van der Waals surface area (Å²) >= 11 is 0. The lowest BCUT2D eigenvalue weighted by molar-refractivity contribution is -0.148. The lowest BCUT2D eigenvalue weighted by Crippen LogP contribution is -2.56. The van der Waals surface area contributed by atoms with Crippen LogP contribution < -0.4 is 21.9 Å². The van der Waals surface area contributed by atoms with Gasteiger partial charge in [-0.25, -0.2) is 4.79 Å². The monoisotopic (exact) mass is 473 g/mol. The number of aromatic amines is 1. The molecular formula is C24H35N5O5. The molecule has 1 aliphatic carbocycles. The van der Waals surface area contributed by atoms with Gasteiger partial charge in [-0.3, -0.25) is 9.59 Å². The van der Waals surface area contributed by atoms with Crippen LogP contribution in [0.3, 0.4) is 0 Å². The molecule has 0 spiro atoms. The number of nitrogens with one attached hydrogen (secondary N) is 1. The van der Waals surface area contributed by atoms with Gasteiger partial charge in [0.15, 0.2) is 0 Å². The summed E-state index contributed by atoms with van der Waals surface area (Å²) in [5.74, 6) is -1.69. The van der Waals surface area contributed by atoms with Gasteiger partial charge >= 0.3 is 6.09 Å². The van der Waals surface area contributed by atoms with E-state index < -0.39 is 36.1 Å². The molecule has 0 aliphatic heterocycles. The van der Waals surface area contributed by atoms with E-state index in [1.165, 1.54) is 13.0 Å². The van der Waals surface area contributed by atoms with Gasteiger partial charge in [0.05, 0.1) is 6.04 Å². The average molecular weight is 474 g/mol. The van der Waals surface area contributed by atoms with Gasteiger partial charge in [0.25, 0.3) is 11.8 Å². The van der Waals surface area contributed by atoms with Gasteiger partial charge in [-0.15, -0.1) is 0 Å². The fourth-order valence-corrected chi connectivity index (χ4v) is 4.47. The summed E-state index contributed by atoms with van der Waals surface area (Å²) in [5.41, 5.74) is 19.2. The maximum atomic E-state index is 13.0. The predicted octanol–water partition coefficient (Wildman–Crippen LogP) is 1.53. The van der Waals surface area contributed by atoms with Crippen LogP contribution in [0, 0.1) is 5.92 Å². The number of imide groups is 3. The number of carbonyl (C=O) groups excluding carboxylic acids is 3. The zero-order valence-corrected chi connectivity index (χ0v) is 19.5. The number of hydrogen-bond acceptors (Lipinski definition) is 8. The molecule has 3 atom stereocenters. The van der Waals surface area contributed by atoms with Crippen LogP contribution in [0.15, 0.2) is 24.4 Å². The van der Waals surface area contributed by atoms with E-state index in [0.717, 1.165) is 48.6 Å². The Morgan fingerprint density at radius 1 is 1.18 bits per heavy atom. The highest BCUT2D eigenvalue weighted by Crippen LogP contribution is 2.28. The van der Waals surface area contributed by atoms with Crippen molar-refractivity contribution in [3.8, 4) is 5.75 Å². The van der Waals surface area contributed by atoms with Crippen LogP contribution in [-0.2, 0) is 16.0 Å². The van der Waals surface area contributed by atoms with Gasteiger partial charge < -0.3 is 32.0 Å². The third-order valence-electron chi connectivity index (χ3n) is 6.36. The summed E-state index contributed by atoms with van der Waals surface area (Å²) < 4.78 is 5.35. The second-order valence-electron chi connectivity index (χ2n) is 9.08. The van der Waals surface area contributed by atoms with Crippen LogP contribution in [0.25, 0.3) is 10.9 Å². The van der Waals surface area contributed by atoms with Crippen LogP contribution in [0.1, 0.15) is 51.0 Å². The first-order valence-corrected chi connectivity index (χ1v) is 11.8. The zero-order chi connectivity index (χ0) is 24.8. The van der Waals surface area contributed by atoms with E-state index in [1.807, 2.05) is 6.20 Å². The minimum atomic E-state index is -1.74. The molecule has 10 nitrogen and oxygen atoms in total. The molecule has 8 N–H and O–H groups in total. The summed E-state index contributed by atoms with van der Waals surface area (Å²) in [6, 6.07) is 2.79. The van der Waals surface area contributed by atoms with E-state index in [1.54, 1.807) is 12.1 Å². The quantitative estimate of drug-likeness (QED) is 0.383. The number of aliphatic hydroxyl groups is 1. The molecule has 0 radical (unpaired) electrons. The van der Waals surface area contributed by atoms with Crippen molar-refractivity contribution < 1.29 is 24.2 Å². The summed E-state index contributed by atoms with van der Waals surface area (Å²) in [4.78, 5) is 42.0. The molecule has 3 rings (SSSR count). The summed E-state index contributed by atoms with van der Waals surface area (Å²) in [6.07, 6.45) is 5.18. The SMILES string of the molecule is CC(N)C(=O)N(C(=O)Oc1ccc2[nH]cc(CCN)c2c1)C(=O)C(O)[C@H](N)CC1CCCCC1. The Morgan fingerprint density at radius 3 is 2.53 bits per heavy atom. The summed E-state index contributed by atoms with van der Waals surface area (Å²) in [5, 5.41) is 11.4. The highest BCUT2D eigenvalue weighted by molar-refractivity contribution is 6.12. The molecule has 0 bridgehead atoms. The fraction of sp³-hybridized carbons (Fsp3) is 0.542. The molecule has 0 saturated heterocycles. The Bertz CT molecular complexity index is 1010. The Hall–Kier alpha value is -2.79. The van der Waals surface area contributed by atoms with Crippen LogP contribution in [0.2, 0.25) is 0 Å². The molecule has 186 valence electrons. The molecular weight excluding hydrogens is 438 g/mol. The lowest BCUT2D eigenvalue weighted by Gasteiger charge is -2.28. The van der Waals surface area contributed by atoms with Crippen molar-refractivity contribution in [2.45, 2.75) is 70.1 Å². The van der Waals surface area contributed by atoms with Gasteiger partial charge in [-0.05, 0) is 56.0 Å². The van der Waals surface area contributed by atoms with Gasteiger partial charge in [0.1, 0.15) is 11.9 Å². The van der Waals surface area contributed by atoms with E-state index in [2.05, 4.69) is 4.98 Å². The number of hydrogen-bond donors (Lipinski definition) is 5. The maximum Gasteiger partial charge on any atom is 0.429 e. The van der Waals surface area contributed by atoms with Gasteiger partial charge in [-0.1, -0.05) is 32.1 Å². The average Bonchev–Trinajstić information content (AvgIpc) is 3.21. The molecule has 1 aromatic carbocycles. The van der Waals surface area contributed by atoms with E-state index >= 15 is 0 Å². The molecule has 2 unspecified atom stereocenters. The number of nitrogens with zero attached hydrogens (tertiary/aromatic N) is 1.